The van der Waals surface area contributed by atoms with Crippen LogP contribution in [0.15, 0.2) is 59.4 Å². The van der Waals surface area contributed by atoms with Crippen LogP contribution in [-0.2, 0) is 7.05 Å². The van der Waals surface area contributed by atoms with E-state index in [0.717, 1.165) is 49.3 Å². The van der Waals surface area contributed by atoms with Gasteiger partial charge in [0.2, 0.25) is 0 Å². The van der Waals surface area contributed by atoms with Crippen LogP contribution in [0.3, 0.4) is 0 Å². The van der Waals surface area contributed by atoms with Crippen molar-refractivity contribution in [3.8, 4) is 0 Å². The van der Waals surface area contributed by atoms with Gasteiger partial charge in [-0.3, -0.25) is 14.5 Å². The van der Waals surface area contributed by atoms with Crippen LogP contribution < -0.4 is 15.8 Å². The number of rotatable bonds is 5. The molecule has 156 valence electrons. The summed E-state index contributed by atoms with van der Waals surface area (Å²) in [5.74, 6) is -0.453. The second kappa shape index (κ2) is 8.67. The molecular formula is C23H25FN4O2. The number of para-hydroxylation sites is 1. The normalized spacial score (nSPS) is 14.8. The van der Waals surface area contributed by atoms with Crippen molar-refractivity contribution in [2.45, 2.75) is 0 Å². The number of aromatic nitrogens is 1. The summed E-state index contributed by atoms with van der Waals surface area (Å²) in [6.45, 7) is 4.73. The predicted molar refractivity (Wildman–Crippen MR) is 117 cm³/mol. The lowest BCUT2D eigenvalue weighted by atomic mass is 10.1. The Morgan fingerprint density at radius 1 is 1.03 bits per heavy atom. The van der Waals surface area contributed by atoms with Gasteiger partial charge in [-0.15, -0.1) is 0 Å². The number of nitrogens with one attached hydrogen (secondary N) is 1. The fraction of sp³-hybridized carbons (Fsp3) is 0.304. The largest absolute Gasteiger partial charge is 0.369 e. The topological polar surface area (TPSA) is 57.6 Å². The monoisotopic (exact) mass is 408 g/mol. The molecule has 1 amide bonds. The molecule has 0 saturated carbocycles. The van der Waals surface area contributed by atoms with Crippen molar-refractivity contribution in [3.05, 3.63) is 76.3 Å². The maximum absolute atomic E-state index is 13.1. The van der Waals surface area contributed by atoms with E-state index in [1.165, 1.54) is 18.2 Å². The zero-order valence-electron chi connectivity index (χ0n) is 17.0. The summed E-state index contributed by atoms with van der Waals surface area (Å²) in [4.78, 5) is 29.4. The average molecular weight is 408 g/mol. The fourth-order valence-electron chi connectivity index (χ4n) is 3.90. The number of carbonyl (C=O) groups excluding carboxylic acids is 1. The first-order valence-electron chi connectivity index (χ1n) is 10.1. The van der Waals surface area contributed by atoms with E-state index in [9.17, 15) is 14.0 Å². The summed E-state index contributed by atoms with van der Waals surface area (Å²) < 4.78 is 14.6. The summed E-state index contributed by atoms with van der Waals surface area (Å²) in [6, 6.07) is 15.4. The maximum atomic E-state index is 13.1. The van der Waals surface area contributed by atoms with Gasteiger partial charge >= 0.3 is 0 Å². The van der Waals surface area contributed by atoms with Gasteiger partial charge in [0.05, 0.1) is 11.1 Å². The first kappa shape index (κ1) is 20.1. The number of pyridine rings is 1. The minimum absolute atomic E-state index is 0.198. The molecule has 1 aromatic heterocycles. The molecule has 0 aliphatic carbocycles. The highest BCUT2D eigenvalue weighted by molar-refractivity contribution is 6.06. The molecule has 2 heterocycles. The van der Waals surface area contributed by atoms with Gasteiger partial charge in [-0.05, 0) is 30.3 Å². The lowest BCUT2D eigenvalue weighted by Gasteiger charge is -2.36. The van der Waals surface area contributed by atoms with Crippen molar-refractivity contribution < 1.29 is 9.18 Å². The third-order valence-corrected chi connectivity index (χ3v) is 5.68. The Morgan fingerprint density at radius 2 is 1.73 bits per heavy atom. The highest BCUT2D eigenvalue weighted by Gasteiger charge is 2.18. The van der Waals surface area contributed by atoms with Crippen LogP contribution in [0.2, 0.25) is 0 Å². The zero-order chi connectivity index (χ0) is 21.1. The van der Waals surface area contributed by atoms with Gasteiger partial charge in [-0.2, -0.15) is 0 Å². The first-order valence-corrected chi connectivity index (χ1v) is 10.1. The molecule has 7 heteroatoms. The van der Waals surface area contributed by atoms with Crippen LogP contribution in [0, 0.1) is 5.82 Å². The molecule has 30 heavy (non-hydrogen) atoms. The van der Waals surface area contributed by atoms with E-state index in [4.69, 9.17) is 0 Å². The summed E-state index contributed by atoms with van der Waals surface area (Å²) >= 11 is 0. The second-order valence-electron chi connectivity index (χ2n) is 7.53. The number of carbonyl (C=O) groups is 1. The van der Waals surface area contributed by atoms with E-state index in [0.29, 0.717) is 12.1 Å². The number of piperazine rings is 1. The van der Waals surface area contributed by atoms with Crippen LogP contribution in [0.1, 0.15) is 10.4 Å². The van der Waals surface area contributed by atoms with Gasteiger partial charge in [0.15, 0.2) is 0 Å². The van der Waals surface area contributed by atoms with Gasteiger partial charge in [-0.25, -0.2) is 4.39 Å². The highest BCUT2D eigenvalue weighted by atomic mass is 19.1. The van der Waals surface area contributed by atoms with Crippen molar-refractivity contribution in [1.82, 2.24) is 14.8 Å². The number of fused-ring (bicyclic) bond motifs is 1. The van der Waals surface area contributed by atoms with Gasteiger partial charge in [0, 0.05) is 63.5 Å². The Morgan fingerprint density at radius 3 is 2.47 bits per heavy atom. The van der Waals surface area contributed by atoms with Crippen LogP contribution in [0.25, 0.3) is 10.9 Å². The maximum Gasteiger partial charge on any atom is 0.252 e. The number of nitrogens with zero attached hydrogens (tertiary/aromatic N) is 3. The van der Waals surface area contributed by atoms with Crippen LogP contribution in [0.4, 0.5) is 10.1 Å². The SMILES string of the molecule is Cn1c(=O)cc(C(=O)NCCN2CCN(c3ccc(F)cc3)CC2)c2ccccc21. The van der Waals surface area contributed by atoms with Gasteiger partial charge in [0.1, 0.15) is 5.82 Å². The summed E-state index contributed by atoms with van der Waals surface area (Å²) in [7, 11) is 1.71. The number of anilines is 1. The van der Waals surface area contributed by atoms with Crippen LogP contribution >= 0.6 is 0 Å². The number of aryl methyl sites for hydroxylation is 1. The second-order valence-corrected chi connectivity index (χ2v) is 7.53. The molecule has 1 aliphatic heterocycles. The molecule has 1 saturated heterocycles. The zero-order valence-corrected chi connectivity index (χ0v) is 17.0. The Bertz CT molecular complexity index is 1100. The van der Waals surface area contributed by atoms with Gasteiger partial charge in [0.25, 0.3) is 11.5 Å². The van der Waals surface area contributed by atoms with E-state index < -0.39 is 0 Å². The molecule has 4 rings (SSSR count). The summed E-state index contributed by atoms with van der Waals surface area (Å²) in [6.07, 6.45) is 0. The molecule has 1 aliphatic rings. The molecule has 1 N–H and O–H groups in total. The number of hydrogen-bond donors (Lipinski definition) is 1. The van der Waals surface area contributed by atoms with Crippen molar-refractivity contribution in [1.29, 1.82) is 0 Å². The third kappa shape index (κ3) is 4.21. The number of halogens is 1. The van der Waals surface area contributed by atoms with Crippen molar-refractivity contribution >= 4 is 22.5 Å². The fourth-order valence-corrected chi connectivity index (χ4v) is 3.90. The molecule has 1 fully saturated rings. The predicted octanol–water partition coefficient (Wildman–Crippen LogP) is 2.23. The molecule has 0 bridgehead atoms. The summed E-state index contributed by atoms with van der Waals surface area (Å²) in [5.41, 5.74) is 1.99. The highest BCUT2D eigenvalue weighted by Crippen LogP contribution is 2.17. The minimum atomic E-state index is -0.228. The average Bonchev–Trinajstić information content (AvgIpc) is 2.77. The molecule has 0 spiro atoms. The molecular weight excluding hydrogens is 383 g/mol. The smallest absolute Gasteiger partial charge is 0.252 e. The van der Waals surface area contributed by atoms with Crippen molar-refractivity contribution in [2.24, 2.45) is 7.05 Å². The number of benzene rings is 2. The first-order chi connectivity index (χ1) is 14.5. The quantitative estimate of drug-likeness (QED) is 0.704. The summed E-state index contributed by atoms with van der Waals surface area (Å²) in [5, 5.41) is 3.72. The Balaban J connectivity index is 1.32. The Hall–Kier alpha value is -3.19. The lowest BCUT2D eigenvalue weighted by Crippen LogP contribution is -2.48. The number of hydrogen-bond acceptors (Lipinski definition) is 4. The molecule has 6 nitrogen and oxygen atoms in total. The lowest BCUT2D eigenvalue weighted by molar-refractivity contribution is 0.0949. The molecule has 0 unspecified atom stereocenters. The van der Waals surface area contributed by atoms with E-state index in [-0.39, 0.29) is 17.3 Å². The van der Waals surface area contributed by atoms with Crippen LogP contribution in [-0.4, -0.2) is 54.6 Å². The van der Waals surface area contributed by atoms with Crippen LogP contribution in [0.5, 0.6) is 0 Å². The van der Waals surface area contributed by atoms with E-state index in [1.807, 2.05) is 24.3 Å². The molecule has 3 aromatic rings. The molecule has 0 atom stereocenters. The van der Waals surface area contributed by atoms with Gasteiger partial charge in [-0.1, -0.05) is 18.2 Å². The Kier molecular flexibility index (Phi) is 5.81. The minimum Gasteiger partial charge on any atom is -0.369 e. The van der Waals surface area contributed by atoms with Crippen molar-refractivity contribution in [3.63, 3.8) is 0 Å². The Labute approximate surface area is 174 Å². The molecule has 0 radical (unpaired) electrons. The standard InChI is InChI=1S/C23H25FN4O2/c1-26-21-5-3-2-4-19(21)20(16-22(26)29)23(30)25-10-11-27-12-14-28(15-13-27)18-8-6-17(24)7-9-18/h2-9,16H,10-15H2,1H3,(H,25,30). The third-order valence-electron chi connectivity index (χ3n) is 5.68. The number of amides is 1. The van der Waals surface area contributed by atoms with E-state index in [2.05, 4.69) is 15.1 Å². The van der Waals surface area contributed by atoms with E-state index in [1.54, 1.807) is 23.7 Å². The molecule has 2 aromatic carbocycles. The van der Waals surface area contributed by atoms with Gasteiger partial charge < -0.3 is 14.8 Å². The van der Waals surface area contributed by atoms with E-state index >= 15 is 0 Å². The van der Waals surface area contributed by atoms with Crippen molar-refractivity contribution in [2.75, 3.05) is 44.2 Å².